The van der Waals surface area contributed by atoms with E-state index in [-0.39, 0.29) is 5.97 Å². The van der Waals surface area contributed by atoms with E-state index < -0.39 is 5.60 Å². The molecule has 0 saturated carbocycles. The van der Waals surface area contributed by atoms with Crippen LogP contribution in [0.5, 0.6) is 5.75 Å². The maximum Gasteiger partial charge on any atom is 0.331 e. The minimum absolute atomic E-state index is 0.280. The van der Waals surface area contributed by atoms with Crippen LogP contribution in [0.15, 0.2) is 60.7 Å². The number of benzene rings is 2. The van der Waals surface area contributed by atoms with E-state index in [1.54, 1.807) is 6.08 Å². The number of aryl methyl sites for hydroxylation is 1. The summed E-state index contributed by atoms with van der Waals surface area (Å²) in [6.07, 6.45) is 3.55. The molecular formula is C25H27NO3. The number of esters is 1. The summed E-state index contributed by atoms with van der Waals surface area (Å²) in [7, 11) is 0. The molecule has 0 amide bonds. The van der Waals surface area contributed by atoms with Crippen molar-refractivity contribution < 1.29 is 14.3 Å². The first kappa shape index (κ1) is 19.3. The fourth-order valence-electron chi connectivity index (χ4n) is 3.76. The Morgan fingerprint density at radius 1 is 1.10 bits per heavy atom. The van der Waals surface area contributed by atoms with E-state index in [1.165, 1.54) is 5.52 Å². The third-order valence-corrected chi connectivity index (χ3v) is 4.98. The second-order valence-electron chi connectivity index (χ2n) is 8.48. The number of fused-ring (bicyclic) bond motifs is 3. The molecule has 1 aliphatic heterocycles. The molecule has 2 heterocycles. The minimum Gasteiger partial charge on any atom is -0.489 e. The highest BCUT2D eigenvalue weighted by atomic mass is 16.6. The fourth-order valence-corrected chi connectivity index (χ4v) is 3.76. The van der Waals surface area contributed by atoms with Crippen molar-refractivity contribution in [3.63, 3.8) is 0 Å². The van der Waals surface area contributed by atoms with Crippen molar-refractivity contribution in [2.24, 2.45) is 0 Å². The van der Waals surface area contributed by atoms with E-state index in [0.29, 0.717) is 6.61 Å². The third-order valence-electron chi connectivity index (χ3n) is 4.98. The zero-order chi connectivity index (χ0) is 20.4. The SMILES string of the molecule is CC(C)(C)OC(=O)C=C1CCCn2c1cc1cc(OCc3ccccc3)ccc12. The molecule has 29 heavy (non-hydrogen) atoms. The van der Waals surface area contributed by atoms with Gasteiger partial charge in [-0.25, -0.2) is 4.79 Å². The Morgan fingerprint density at radius 2 is 1.90 bits per heavy atom. The first-order chi connectivity index (χ1) is 13.9. The van der Waals surface area contributed by atoms with Gasteiger partial charge in [0.25, 0.3) is 0 Å². The number of allylic oxidation sites excluding steroid dienone is 1. The van der Waals surface area contributed by atoms with E-state index in [1.807, 2.05) is 45.0 Å². The molecule has 1 aromatic heterocycles. The minimum atomic E-state index is -0.486. The Balaban J connectivity index is 1.59. The number of aromatic nitrogens is 1. The van der Waals surface area contributed by atoms with E-state index in [4.69, 9.17) is 9.47 Å². The average molecular weight is 389 g/mol. The molecule has 0 fully saturated rings. The van der Waals surface area contributed by atoms with Gasteiger partial charge in [-0.2, -0.15) is 0 Å². The van der Waals surface area contributed by atoms with Crippen molar-refractivity contribution in [1.82, 2.24) is 4.57 Å². The lowest BCUT2D eigenvalue weighted by Crippen LogP contribution is -2.23. The zero-order valence-electron chi connectivity index (χ0n) is 17.3. The number of hydrogen-bond donors (Lipinski definition) is 0. The normalized spacial score (nSPS) is 15.3. The van der Waals surface area contributed by atoms with Gasteiger partial charge in [-0.1, -0.05) is 30.3 Å². The number of nitrogens with zero attached hydrogens (tertiary/aromatic N) is 1. The number of hydrogen-bond acceptors (Lipinski definition) is 3. The van der Waals surface area contributed by atoms with Crippen LogP contribution in [0.2, 0.25) is 0 Å². The standard InChI is InChI=1S/C25H27NO3/c1-25(2,3)29-24(27)16-19-10-7-13-26-22-12-11-21(14-20(22)15-23(19)26)28-17-18-8-5-4-6-9-18/h4-6,8-9,11-12,14-16H,7,10,13,17H2,1-3H3. The summed E-state index contributed by atoms with van der Waals surface area (Å²) in [6.45, 7) is 7.16. The summed E-state index contributed by atoms with van der Waals surface area (Å²) in [5.41, 5.74) is 3.96. The number of carbonyl (C=O) groups excluding carboxylic acids is 1. The van der Waals surface area contributed by atoms with Crippen LogP contribution in [0.1, 0.15) is 44.9 Å². The molecular weight excluding hydrogens is 362 g/mol. The van der Waals surface area contributed by atoms with E-state index in [0.717, 1.165) is 47.4 Å². The predicted octanol–water partition coefficient (Wildman–Crippen LogP) is 5.74. The second-order valence-corrected chi connectivity index (χ2v) is 8.48. The highest BCUT2D eigenvalue weighted by Crippen LogP contribution is 2.34. The van der Waals surface area contributed by atoms with Crippen LogP contribution in [0, 0.1) is 0 Å². The van der Waals surface area contributed by atoms with Gasteiger partial charge in [-0.15, -0.1) is 0 Å². The average Bonchev–Trinajstić information content (AvgIpc) is 3.05. The topological polar surface area (TPSA) is 40.5 Å². The molecule has 1 aliphatic rings. The zero-order valence-corrected chi connectivity index (χ0v) is 17.3. The lowest BCUT2D eigenvalue weighted by atomic mass is 10.0. The van der Waals surface area contributed by atoms with Gasteiger partial charge < -0.3 is 14.0 Å². The van der Waals surface area contributed by atoms with Crippen LogP contribution >= 0.6 is 0 Å². The maximum atomic E-state index is 12.3. The number of carbonyl (C=O) groups is 1. The molecule has 0 radical (unpaired) electrons. The largest absolute Gasteiger partial charge is 0.489 e. The summed E-state index contributed by atoms with van der Waals surface area (Å²) in [5.74, 6) is 0.570. The molecule has 4 heteroatoms. The van der Waals surface area contributed by atoms with Crippen LogP contribution in [0.3, 0.4) is 0 Å². The van der Waals surface area contributed by atoms with E-state index >= 15 is 0 Å². The molecule has 0 saturated heterocycles. The number of ether oxygens (including phenoxy) is 2. The van der Waals surface area contributed by atoms with Crippen LogP contribution < -0.4 is 4.74 Å². The molecule has 3 aromatic rings. The molecule has 150 valence electrons. The Labute approximate surface area is 171 Å². The van der Waals surface area contributed by atoms with Crippen LogP contribution in [0.25, 0.3) is 16.5 Å². The highest BCUT2D eigenvalue weighted by Gasteiger charge is 2.20. The second kappa shape index (κ2) is 7.78. The first-order valence-corrected chi connectivity index (χ1v) is 10.1. The van der Waals surface area contributed by atoms with Crippen molar-refractivity contribution in [3.8, 4) is 5.75 Å². The molecule has 4 rings (SSSR count). The van der Waals surface area contributed by atoms with Gasteiger partial charge >= 0.3 is 5.97 Å². The molecule has 0 aliphatic carbocycles. The molecule has 0 bridgehead atoms. The highest BCUT2D eigenvalue weighted by molar-refractivity contribution is 5.94. The summed E-state index contributed by atoms with van der Waals surface area (Å²) >= 11 is 0. The summed E-state index contributed by atoms with van der Waals surface area (Å²) in [6, 6.07) is 18.5. The predicted molar refractivity (Wildman–Crippen MR) is 116 cm³/mol. The summed E-state index contributed by atoms with van der Waals surface area (Å²) in [4.78, 5) is 12.3. The lowest BCUT2D eigenvalue weighted by molar-refractivity contribution is -0.148. The van der Waals surface area contributed by atoms with Gasteiger partial charge in [0.1, 0.15) is 18.0 Å². The van der Waals surface area contributed by atoms with Gasteiger partial charge in [-0.3, -0.25) is 0 Å². The summed E-state index contributed by atoms with van der Waals surface area (Å²) in [5, 5.41) is 1.13. The fraction of sp³-hybridized carbons (Fsp3) is 0.320. The molecule has 0 N–H and O–H groups in total. The van der Waals surface area contributed by atoms with Crippen molar-refractivity contribution in [1.29, 1.82) is 0 Å². The Hall–Kier alpha value is -3.01. The lowest BCUT2D eigenvalue weighted by Gasteiger charge is -2.21. The van der Waals surface area contributed by atoms with Gasteiger partial charge in [0.05, 0.1) is 0 Å². The Morgan fingerprint density at radius 3 is 2.66 bits per heavy atom. The molecule has 2 aromatic carbocycles. The molecule has 4 nitrogen and oxygen atoms in total. The monoisotopic (exact) mass is 389 g/mol. The van der Waals surface area contributed by atoms with Crippen LogP contribution in [-0.2, 0) is 22.7 Å². The van der Waals surface area contributed by atoms with Gasteiger partial charge in [0.15, 0.2) is 0 Å². The first-order valence-electron chi connectivity index (χ1n) is 10.1. The Bertz CT molecular complexity index is 1050. The van der Waals surface area contributed by atoms with Gasteiger partial charge in [0, 0.05) is 29.2 Å². The summed E-state index contributed by atoms with van der Waals surface area (Å²) < 4.78 is 13.7. The van der Waals surface area contributed by atoms with Gasteiger partial charge in [-0.05, 0) is 69.0 Å². The Kier molecular flexibility index (Phi) is 5.18. The van der Waals surface area contributed by atoms with E-state index in [9.17, 15) is 4.79 Å². The van der Waals surface area contributed by atoms with E-state index in [2.05, 4.69) is 34.9 Å². The van der Waals surface area contributed by atoms with Crippen LogP contribution in [-0.4, -0.2) is 16.1 Å². The molecule has 0 spiro atoms. The van der Waals surface area contributed by atoms with Crippen molar-refractivity contribution in [2.45, 2.75) is 52.4 Å². The molecule has 0 atom stereocenters. The van der Waals surface area contributed by atoms with Crippen molar-refractivity contribution in [2.75, 3.05) is 0 Å². The molecule has 0 unspecified atom stereocenters. The number of rotatable bonds is 4. The van der Waals surface area contributed by atoms with Crippen LogP contribution in [0.4, 0.5) is 0 Å². The van der Waals surface area contributed by atoms with Crippen molar-refractivity contribution >= 4 is 22.4 Å². The van der Waals surface area contributed by atoms with Gasteiger partial charge in [0.2, 0.25) is 0 Å². The smallest absolute Gasteiger partial charge is 0.331 e. The van der Waals surface area contributed by atoms with Crippen molar-refractivity contribution in [3.05, 3.63) is 71.9 Å². The third kappa shape index (κ3) is 4.53. The maximum absolute atomic E-state index is 12.3. The quantitative estimate of drug-likeness (QED) is 0.422.